The maximum Gasteiger partial charge on any atom is 0.306 e. The summed E-state index contributed by atoms with van der Waals surface area (Å²) in [6.45, 7) is 4.33. The fourth-order valence-corrected chi connectivity index (χ4v) is 2.41. The number of benzene rings is 1. The summed E-state index contributed by atoms with van der Waals surface area (Å²) < 4.78 is 10.3. The van der Waals surface area contributed by atoms with Crippen LogP contribution in [-0.2, 0) is 9.53 Å². The van der Waals surface area contributed by atoms with Crippen LogP contribution in [0.1, 0.15) is 31.7 Å². The smallest absolute Gasteiger partial charge is 0.306 e. The maximum absolute atomic E-state index is 11.6. The van der Waals surface area contributed by atoms with E-state index in [1.54, 1.807) is 7.11 Å². The lowest BCUT2D eigenvalue weighted by molar-refractivity contribution is -0.143. The Morgan fingerprint density at radius 3 is 2.89 bits per heavy atom. The molecule has 0 radical (unpaired) electrons. The highest BCUT2D eigenvalue weighted by molar-refractivity contribution is 5.73. The molecule has 0 amide bonds. The van der Waals surface area contributed by atoms with Crippen molar-refractivity contribution < 1.29 is 14.3 Å². The lowest BCUT2D eigenvalue weighted by Gasteiger charge is -2.15. The van der Waals surface area contributed by atoms with Gasteiger partial charge in [-0.15, -0.1) is 0 Å². The molecule has 0 aromatic heterocycles. The van der Waals surface area contributed by atoms with Crippen LogP contribution in [0, 0.1) is 0 Å². The molecule has 2 atom stereocenters. The Kier molecular flexibility index (Phi) is 3.75. The predicted octanol–water partition coefficient (Wildman–Crippen LogP) is 2.55. The number of anilines is 1. The molecule has 0 saturated heterocycles. The number of fused-ring (bicyclic) bond motifs is 1. The molecule has 2 rings (SSSR count). The maximum atomic E-state index is 11.6. The molecule has 1 N–H and O–H groups in total. The third kappa shape index (κ3) is 2.42. The molecule has 0 bridgehead atoms. The molecule has 0 spiro atoms. The number of ether oxygens (including phenoxy) is 2. The Hall–Kier alpha value is -1.71. The summed E-state index contributed by atoms with van der Waals surface area (Å²) in [5.74, 6) is 0.819. The molecule has 0 saturated carbocycles. The number of nitrogens with one attached hydrogen (secondary N) is 1. The van der Waals surface area contributed by atoms with Crippen LogP contribution >= 0.6 is 0 Å². The van der Waals surface area contributed by atoms with Crippen LogP contribution in [0.5, 0.6) is 5.75 Å². The molecular formula is C14H19NO3. The number of methoxy groups -OCH3 is 1. The number of carbonyl (C=O) groups excluding carboxylic acids is 1. The summed E-state index contributed by atoms with van der Waals surface area (Å²) in [6.07, 6.45) is 0.405. The van der Waals surface area contributed by atoms with E-state index in [1.807, 2.05) is 25.1 Å². The molecule has 1 aliphatic rings. The first kappa shape index (κ1) is 12.7. The van der Waals surface area contributed by atoms with Crippen molar-refractivity contribution in [3.63, 3.8) is 0 Å². The van der Waals surface area contributed by atoms with Gasteiger partial charge in [-0.2, -0.15) is 0 Å². The SMILES string of the molecule is CCOC(=O)C[C@H]1c2cc(OC)ccc2N[C@@H]1C. The minimum Gasteiger partial charge on any atom is -0.497 e. The average Bonchev–Trinajstić information content (AvgIpc) is 2.65. The summed E-state index contributed by atoms with van der Waals surface area (Å²) in [5, 5.41) is 3.38. The highest BCUT2D eigenvalue weighted by Crippen LogP contribution is 2.40. The summed E-state index contributed by atoms with van der Waals surface area (Å²) >= 11 is 0. The van der Waals surface area contributed by atoms with E-state index in [0.29, 0.717) is 13.0 Å². The fraction of sp³-hybridized carbons (Fsp3) is 0.500. The van der Waals surface area contributed by atoms with Crippen molar-refractivity contribution >= 4 is 11.7 Å². The van der Waals surface area contributed by atoms with Gasteiger partial charge in [0.25, 0.3) is 0 Å². The van der Waals surface area contributed by atoms with Gasteiger partial charge in [0.1, 0.15) is 5.75 Å². The normalized spacial score (nSPS) is 21.1. The van der Waals surface area contributed by atoms with Gasteiger partial charge in [0.05, 0.1) is 20.1 Å². The largest absolute Gasteiger partial charge is 0.497 e. The molecule has 1 aromatic rings. The molecule has 18 heavy (non-hydrogen) atoms. The lowest BCUT2D eigenvalue weighted by Crippen LogP contribution is -2.20. The molecule has 1 heterocycles. The van der Waals surface area contributed by atoms with Crippen LogP contribution in [0.4, 0.5) is 5.69 Å². The van der Waals surface area contributed by atoms with Gasteiger partial charge in [0.15, 0.2) is 0 Å². The van der Waals surface area contributed by atoms with Crippen LogP contribution in [0.15, 0.2) is 18.2 Å². The van der Waals surface area contributed by atoms with Crippen molar-refractivity contribution in [2.45, 2.75) is 32.2 Å². The third-order valence-corrected chi connectivity index (χ3v) is 3.34. The molecule has 0 fully saturated rings. The summed E-state index contributed by atoms with van der Waals surface area (Å²) in [6, 6.07) is 6.15. The molecule has 98 valence electrons. The van der Waals surface area contributed by atoms with Crippen LogP contribution in [0.25, 0.3) is 0 Å². The zero-order valence-corrected chi connectivity index (χ0v) is 11.0. The van der Waals surface area contributed by atoms with Crippen molar-refractivity contribution in [1.82, 2.24) is 0 Å². The van der Waals surface area contributed by atoms with Gasteiger partial charge in [-0.05, 0) is 37.6 Å². The zero-order valence-electron chi connectivity index (χ0n) is 11.0. The number of rotatable bonds is 4. The van der Waals surface area contributed by atoms with E-state index >= 15 is 0 Å². The number of hydrogen-bond donors (Lipinski definition) is 1. The minimum atomic E-state index is -0.146. The summed E-state index contributed by atoms with van der Waals surface area (Å²) in [4.78, 5) is 11.6. The van der Waals surface area contributed by atoms with Crippen molar-refractivity contribution in [3.05, 3.63) is 23.8 Å². The van der Waals surface area contributed by atoms with Crippen molar-refractivity contribution in [1.29, 1.82) is 0 Å². The van der Waals surface area contributed by atoms with Gasteiger partial charge >= 0.3 is 5.97 Å². The van der Waals surface area contributed by atoms with Crippen LogP contribution in [0.2, 0.25) is 0 Å². The zero-order chi connectivity index (χ0) is 13.1. The third-order valence-electron chi connectivity index (χ3n) is 3.34. The molecule has 1 aliphatic heterocycles. The number of hydrogen-bond acceptors (Lipinski definition) is 4. The van der Waals surface area contributed by atoms with E-state index in [0.717, 1.165) is 17.0 Å². The summed E-state index contributed by atoms with van der Waals surface area (Å²) in [7, 11) is 1.65. The van der Waals surface area contributed by atoms with Crippen molar-refractivity contribution in [2.75, 3.05) is 19.0 Å². The van der Waals surface area contributed by atoms with Gasteiger partial charge in [-0.25, -0.2) is 0 Å². The minimum absolute atomic E-state index is 0.146. The fourth-order valence-electron chi connectivity index (χ4n) is 2.41. The molecule has 4 nitrogen and oxygen atoms in total. The van der Waals surface area contributed by atoms with Crippen LogP contribution < -0.4 is 10.1 Å². The first-order valence-corrected chi connectivity index (χ1v) is 6.25. The predicted molar refractivity (Wildman–Crippen MR) is 70.1 cm³/mol. The highest BCUT2D eigenvalue weighted by atomic mass is 16.5. The van der Waals surface area contributed by atoms with E-state index in [-0.39, 0.29) is 17.9 Å². The molecule has 0 unspecified atom stereocenters. The second-order valence-electron chi connectivity index (χ2n) is 4.50. The Balaban J connectivity index is 2.20. The Morgan fingerprint density at radius 1 is 1.44 bits per heavy atom. The van der Waals surface area contributed by atoms with Crippen molar-refractivity contribution in [3.8, 4) is 5.75 Å². The topological polar surface area (TPSA) is 47.6 Å². The van der Waals surface area contributed by atoms with Gasteiger partial charge in [0, 0.05) is 17.6 Å². The molecule has 4 heteroatoms. The Morgan fingerprint density at radius 2 is 2.22 bits per heavy atom. The average molecular weight is 249 g/mol. The lowest BCUT2D eigenvalue weighted by atomic mass is 9.92. The second-order valence-corrected chi connectivity index (χ2v) is 4.50. The first-order valence-electron chi connectivity index (χ1n) is 6.25. The molecular weight excluding hydrogens is 230 g/mol. The van der Waals surface area contributed by atoms with E-state index < -0.39 is 0 Å². The molecule has 0 aliphatic carbocycles. The van der Waals surface area contributed by atoms with Gasteiger partial charge in [-0.1, -0.05) is 0 Å². The van der Waals surface area contributed by atoms with Crippen LogP contribution in [-0.4, -0.2) is 25.7 Å². The standard InChI is InChI=1S/C14H19NO3/c1-4-18-14(16)8-11-9(2)15-13-6-5-10(17-3)7-12(11)13/h5-7,9,11,15H,4,8H2,1-3H3/t9-,11-/m1/s1. The van der Waals surface area contributed by atoms with Gasteiger partial charge in [-0.3, -0.25) is 4.79 Å². The summed E-state index contributed by atoms with van der Waals surface area (Å²) in [5.41, 5.74) is 2.22. The van der Waals surface area contributed by atoms with E-state index in [9.17, 15) is 4.79 Å². The Bertz CT molecular complexity index is 445. The Labute approximate surface area is 107 Å². The van der Waals surface area contributed by atoms with E-state index in [4.69, 9.17) is 9.47 Å². The van der Waals surface area contributed by atoms with Crippen molar-refractivity contribution in [2.24, 2.45) is 0 Å². The van der Waals surface area contributed by atoms with E-state index in [2.05, 4.69) is 12.2 Å². The monoisotopic (exact) mass is 249 g/mol. The highest BCUT2D eigenvalue weighted by Gasteiger charge is 2.31. The molecule has 1 aromatic carbocycles. The van der Waals surface area contributed by atoms with E-state index in [1.165, 1.54) is 0 Å². The van der Waals surface area contributed by atoms with Gasteiger partial charge < -0.3 is 14.8 Å². The second kappa shape index (κ2) is 5.29. The van der Waals surface area contributed by atoms with Crippen LogP contribution in [0.3, 0.4) is 0 Å². The number of carbonyl (C=O) groups is 1. The quantitative estimate of drug-likeness (QED) is 0.833. The number of esters is 1. The first-order chi connectivity index (χ1) is 8.65. The van der Waals surface area contributed by atoms with Gasteiger partial charge in [0.2, 0.25) is 0 Å².